The van der Waals surface area contributed by atoms with Crippen LogP contribution in [0.1, 0.15) is 30.5 Å². The van der Waals surface area contributed by atoms with Crippen molar-refractivity contribution in [2.24, 2.45) is 4.99 Å². The number of nitrogens with zero attached hydrogens (tertiary/aromatic N) is 1. The monoisotopic (exact) mass is 218 g/mol. The SMILES string of the molecule is CCc1ccc(C)c(C(=NC)NC(C)=O)c1. The van der Waals surface area contributed by atoms with Crippen LogP contribution in [0.3, 0.4) is 0 Å². The van der Waals surface area contributed by atoms with E-state index in [-0.39, 0.29) is 5.91 Å². The number of rotatable bonds is 2. The molecule has 1 rings (SSSR count). The zero-order chi connectivity index (χ0) is 12.1. The van der Waals surface area contributed by atoms with Crippen molar-refractivity contribution in [3.05, 3.63) is 34.9 Å². The van der Waals surface area contributed by atoms with E-state index >= 15 is 0 Å². The molecule has 0 aliphatic rings. The van der Waals surface area contributed by atoms with E-state index in [2.05, 4.69) is 35.4 Å². The molecule has 16 heavy (non-hydrogen) atoms. The summed E-state index contributed by atoms with van der Waals surface area (Å²) >= 11 is 0. The van der Waals surface area contributed by atoms with Gasteiger partial charge >= 0.3 is 0 Å². The van der Waals surface area contributed by atoms with Gasteiger partial charge in [0.2, 0.25) is 5.91 Å². The van der Waals surface area contributed by atoms with Crippen molar-refractivity contribution < 1.29 is 4.79 Å². The van der Waals surface area contributed by atoms with Gasteiger partial charge in [-0.15, -0.1) is 0 Å². The first-order valence-corrected chi connectivity index (χ1v) is 5.42. The summed E-state index contributed by atoms with van der Waals surface area (Å²) in [4.78, 5) is 15.2. The normalized spacial score (nSPS) is 11.4. The Labute approximate surface area is 96.6 Å². The molecule has 0 spiro atoms. The fourth-order valence-electron chi connectivity index (χ4n) is 1.55. The molecular formula is C13H18N2O. The molecule has 0 fully saturated rings. The first-order valence-electron chi connectivity index (χ1n) is 5.42. The van der Waals surface area contributed by atoms with E-state index in [4.69, 9.17) is 0 Å². The standard InChI is InChI=1S/C13H18N2O/c1-5-11-7-6-9(2)12(8-11)13(14-4)15-10(3)16/h6-8H,5H2,1-4H3,(H,14,15,16). The van der Waals surface area contributed by atoms with Crippen LogP contribution in [0.25, 0.3) is 0 Å². The van der Waals surface area contributed by atoms with E-state index < -0.39 is 0 Å². The van der Waals surface area contributed by atoms with Gasteiger partial charge in [0.15, 0.2) is 0 Å². The summed E-state index contributed by atoms with van der Waals surface area (Å²) in [5, 5.41) is 2.75. The highest BCUT2D eigenvalue weighted by atomic mass is 16.1. The lowest BCUT2D eigenvalue weighted by atomic mass is 10.0. The van der Waals surface area contributed by atoms with Gasteiger partial charge in [-0.25, -0.2) is 0 Å². The third-order valence-electron chi connectivity index (χ3n) is 2.48. The van der Waals surface area contributed by atoms with Crippen LogP contribution in [0.5, 0.6) is 0 Å². The average Bonchev–Trinajstić information content (AvgIpc) is 2.26. The average molecular weight is 218 g/mol. The fraction of sp³-hybridized carbons (Fsp3) is 0.385. The topological polar surface area (TPSA) is 41.5 Å². The highest BCUT2D eigenvalue weighted by Crippen LogP contribution is 2.12. The Hall–Kier alpha value is -1.64. The summed E-state index contributed by atoms with van der Waals surface area (Å²) in [6.45, 7) is 5.61. The zero-order valence-electron chi connectivity index (χ0n) is 10.3. The Morgan fingerprint density at radius 2 is 2.12 bits per heavy atom. The number of hydrogen-bond donors (Lipinski definition) is 1. The van der Waals surface area contributed by atoms with E-state index in [1.807, 2.05) is 6.92 Å². The first-order chi connectivity index (χ1) is 7.58. The Morgan fingerprint density at radius 1 is 1.44 bits per heavy atom. The molecule has 0 aliphatic carbocycles. The maximum absolute atomic E-state index is 11.1. The summed E-state index contributed by atoms with van der Waals surface area (Å²) in [5.74, 6) is 0.544. The van der Waals surface area contributed by atoms with Crippen molar-refractivity contribution in [1.82, 2.24) is 5.32 Å². The van der Waals surface area contributed by atoms with Gasteiger partial charge < -0.3 is 5.32 Å². The number of hydrogen-bond acceptors (Lipinski definition) is 2. The molecule has 1 amide bonds. The van der Waals surface area contributed by atoms with Gasteiger partial charge in [-0.2, -0.15) is 0 Å². The maximum atomic E-state index is 11.1. The van der Waals surface area contributed by atoms with Crippen molar-refractivity contribution in [1.29, 1.82) is 0 Å². The zero-order valence-corrected chi connectivity index (χ0v) is 10.3. The van der Waals surface area contributed by atoms with E-state index in [0.717, 1.165) is 17.5 Å². The van der Waals surface area contributed by atoms with Crippen LogP contribution in [0.2, 0.25) is 0 Å². The lowest BCUT2D eigenvalue weighted by Crippen LogP contribution is -2.29. The number of benzene rings is 1. The molecule has 0 unspecified atom stereocenters. The molecule has 0 heterocycles. The minimum Gasteiger partial charge on any atom is -0.311 e. The number of amides is 1. The van der Waals surface area contributed by atoms with Crippen LogP contribution in [0, 0.1) is 6.92 Å². The van der Waals surface area contributed by atoms with E-state index in [9.17, 15) is 4.79 Å². The van der Waals surface area contributed by atoms with Gasteiger partial charge in [-0.05, 0) is 30.5 Å². The number of nitrogens with one attached hydrogen (secondary N) is 1. The number of aliphatic imine (C=N–C) groups is 1. The second-order valence-electron chi connectivity index (χ2n) is 3.76. The molecule has 0 radical (unpaired) electrons. The number of carbonyl (C=O) groups excluding carboxylic acids is 1. The Balaban J connectivity index is 3.13. The van der Waals surface area contributed by atoms with Gasteiger partial charge in [-0.3, -0.25) is 9.79 Å². The van der Waals surface area contributed by atoms with Gasteiger partial charge in [-0.1, -0.05) is 19.1 Å². The molecule has 86 valence electrons. The van der Waals surface area contributed by atoms with Gasteiger partial charge in [0, 0.05) is 19.5 Å². The summed E-state index contributed by atoms with van der Waals surface area (Å²) in [7, 11) is 1.68. The molecule has 0 bridgehead atoms. The molecular weight excluding hydrogens is 200 g/mol. The predicted octanol–water partition coefficient (Wildman–Crippen LogP) is 2.07. The van der Waals surface area contributed by atoms with Gasteiger partial charge in [0.25, 0.3) is 0 Å². The van der Waals surface area contributed by atoms with Crippen LogP contribution in [0.15, 0.2) is 23.2 Å². The maximum Gasteiger partial charge on any atom is 0.222 e. The molecule has 0 saturated carbocycles. The summed E-state index contributed by atoms with van der Waals surface area (Å²) < 4.78 is 0. The van der Waals surface area contributed by atoms with Crippen LogP contribution >= 0.6 is 0 Å². The summed E-state index contributed by atoms with van der Waals surface area (Å²) in [6, 6.07) is 6.23. The summed E-state index contributed by atoms with van der Waals surface area (Å²) in [5.41, 5.74) is 3.36. The van der Waals surface area contributed by atoms with Crippen LogP contribution < -0.4 is 5.32 Å². The number of amidine groups is 1. The second-order valence-corrected chi connectivity index (χ2v) is 3.76. The Bertz CT molecular complexity index is 422. The largest absolute Gasteiger partial charge is 0.311 e. The molecule has 1 aromatic carbocycles. The van der Waals surface area contributed by atoms with Crippen molar-refractivity contribution in [3.8, 4) is 0 Å². The molecule has 3 heteroatoms. The van der Waals surface area contributed by atoms with E-state index in [0.29, 0.717) is 5.84 Å². The third-order valence-corrected chi connectivity index (χ3v) is 2.48. The van der Waals surface area contributed by atoms with Crippen molar-refractivity contribution >= 4 is 11.7 Å². The molecule has 0 atom stereocenters. The highest BCUT2D eigenvalue weighted by Gasteiger charge is 2.08. The molecule has 0 aromatic heterocycles. The smallest absolute Gasteiger partial charge is 0.222 e. The Morgan fingerprint density at radius 3 is 2.62 bits per heavy atom. The second kappa shape index (κ2) is 5.45. The third kappa shape index (κ3) is 2.92. The molecule has 0 saturated heterocycles. The predicted molar refractivity (Wildman–Crippen MR) is 66.8 cm³/mol. The molecule has 1 aromatic rings. The quantitative estimate of drug-likeness (QED) is 0.599. The van der Waals surface area contributed by atoms with Crippen LogP contribution in [-0.4, -0.2) is 18.8 Å². The Kier molecular flexibility index (Phi) is 4.23. The highest BCUT2D eigenvalue weighted by molar-refractivity contribution is 6.08. The molecule has 0 aliphatic heterocycles. The fourth-order valence-corrected chi connectivity index (χ4v) is 1.55. The van der Waals surface area contributed by atoms with E-state index in [1.165, 1.54) is 12.5 Å². The van der Waals surface area contributed by atoms with Crippen LogP contribution in [-0.2, 0) is 11.2 Å². The van der Waals surface area contributed by atoms with Crippen molar-refractivity contribution in [3.63, 3.8) is 0 Å². The first kappa shape index (κ1) is 12.4. The summed E-state index contributed by atoms with van der Waals surface area (Å²) in [6.07, 6.45) is 0.977. The number of carbonyl (C=O) groups is 1. The van der Waals surface area contributed by atoms with Gasteiger partial charge in [0.1, 0.15) is 5.84 Å². The van der Waals surface area contributed by atoms with Crippen molar-refractivity contribution in [2.75, 3.05) is 7.05 Å². The lowest BCUT2D eigenvalue weighted by molar-refractivity contribution is -0.117. The van der Waals surface area contributed by atoms with Crippen molar-refractivity contribution in [2.45, 2.75) is 27.2 Å². The van der Waals surface area contributed by atoms with Gasteiger partial charge in [0.05, 0.1) is 0 Å². The number of aryl methyl sites for hydroxylation is 2. The van der Waals surface area contributed by atoms with E-state index in [1.54, 1.807) is 7.05 Å². The molecule has 3 nitrogen and oxygen atoms in total. The minimum absolute atomic E-state index is 0.0955. The van der Waals surface area contributed by atoms with Crippen LogP contribution in [0.4, 0.5) is 0 Å². The minimum atomic E-state index is -0.0955. The lowest BCUT2D eigenvalue weighted by Gasteiger charge is -2.11. The molecule has 1 N–H and O–H groups in total.